The first-order chi connectivity index (χ1) is 14.3. The molecule has 0 aliphatic heterocycles. The summed E-state index contributed by atoms with van der Waals surface area (Å²) in [5.74, 6) is -3.15. The van der Waals surface area contributed by atoms with Crippen molar-refractivity contribution in [1.29, 1.82) is 0 Å². The zero-order valence-corrected chi connectivity index (χ0v) is 16.3. The van der Waals surface area contributed by atoms with E-state index in [0.717, 1.165) is 45.9 Å². The van der Waals surface area contributed by atoms with Crippen molar-refractivity contribution in [1.82, 2.24) is 19.4 Å². The predicted octanol–water partition coefficient (Wildman–Crippen LogP) is 5.24. The lowest BCUT2D eigenvalue weighted by Gasteiger charge is -1.99. The lowest BCUT2D eigenvalue weighted by Crippen LogP contribution is -1.91. The Labute approximate surface area is 174 Å². The summed E-state index contributed by atoms with van der Waals surface area (Å²) in [6.07, 6.45) is 2.34. The molecule has 0 aliphatic rings. The first-order valence-electron chi connectivity index (χ1n) is 8.13. The maximum Gasteiger partial charge on any atom is 0.214 e. The molecule has 0 fully saturated rings. The summed E-state index contributed by atoms with van der Waals surface area (Å²) >= 11 is 0. The molecule has 0 aliphatic carbocycles. The van der Waals surface area contributed by atoms with Crippen LogP contribution in [-0.4, -0.2) is 29.8 Å². The van der Waals surface area contributed by atoms with Gasteiger partial charge in [0.15, 0.2) is 0 Å². The number of benzene rings is 2. The highest BCUT2D eigenvalue weighted by Gasteiger charge is 2.16. The maximum atomic E-state index is 13.4. The minimum absolute atomic E-state index is 0.0426. The second kappa shape index (κ2) is 7.95. The van der Waals surface area contributed by atoms with E-state index < -0.39 is 23.3 Å². The average Bonchev–Trinajstić information content (AvgIpc) is 3.21. The van der Waals surface area contributed by atoms with E-state index in [4.69, 9.17) is 0 Å². The molecule has 12 heteroatoms. The van der Waals surface area contributed by atoms with Crippen LogP contribution in [0.5, 0.6) is 0 Å². The Bertz CT molecular complexity index is 1110. The Kier molecular flexibility index (Phi) is 5.35. The average molecular weight is 454 g/mol. The molecule has 6 nitrogen and oxygen atoms in total. The van der Waals surface area contributed by atoms with Gasteiger partial charge in [0.05, 0.1) is 23.8 Å². The molecule has 2 aromatic carbocycles. The monoisotopic (exact) mass is 454 g/mol. The van der Waals surface area contributed by atoms with Crippen molar-refractivity contribution in [3.8, 4) is 22.5 Å². The number of halogens is 4. The van der Waals surface area contributed by atoms with Gasteiger partial charge in [0.25, 0.3) is 0 Å². The SMILES string of the molecule is On1cc(-c2cc(F)cc(F)c2)nc1SSc1nc(-c2cc(F)cc(F)c2)cn1O. The van der Waals surface area contributed by atoms with Crippen LogP contribution in [0.15, 0.2) is 59.1 Å². The Morgan fingerprint density at radius 1 is 0.600 bits per heavy atom. The Balaban J connectivity index is 1.54. The third kappa shape index (κ3) is 4.24. The largest absolute Gasteiger partial charge is 0.426 e. The lowest BCUT2D eigenvalue weighted by atomic mass is 10.1. The number of imidazole rings is 2. The second-order valence-electron chi connectivity index (χ2n) is 5.99. The first kappa shape index (κ1) is 20.2. The standard InChI is InChI=1S/C18H10F4N4O2S2/c19-11-1-9(2-12(20)5-11)15-7-25(27)17(23-15)29-30-18-24-16(8-26(18)28)10-3-13(21)6-14(22)4-10/h1-8,27-28H. The molecule has 4 rings (SSSR count). The van der Waals surface area contributed by atoms with Gasteiger partial charge in [0.2, 0.25) is 10.3 Å². The molecule has 0 saturated heterocycles. The highest BCUT2D eigenvalue weighted by Crippen LogP contribution is 2.38. The van der Waals surface area contributed by atoms with Gasteiger partial charge in [-0.25, -0.2) is 27.5 Å². The van der Waals surface area contributed by atoms with Crippen molar-refractivity contribution in [3.63, 3.8) is 0 Å². The lowest BCUT2D eigenvalue weighted by molar-refractivity contribution is 0.159. The summed E-state index contributed by atoms with van der Waals surface area (Å²) in [6, 6.07) is 5.70. The van der Waals surface area contributed by atoms with Gasteiger partial charge in [-0.1, -0.05) is 0 Å². The van der Waals surface area contributed by atoms with Crippen LogP contribution in [0.2, 0.25) is 0 Å². The quantitative estimate of drug-likeness (QED) is 0.244. The summed E-state index contributed by atoms with van der Waals surface area (Å²) in [5, 5.41) is 20.0. The number of rotatable bonds is 5. The van der Waals surface area contributed by atoms with E-state index in [-0.39, 0.29) is 32.8 Å². The third-order valence-electron chi connectivity index (χ3n) is 3.82. The molecule has 4 aromatic rings. The molecule has 0 unspecified atom stereocenters. The van der Waals surface area contributed by atoms with Gasteiger partial charge in [-0.05, 0) is 45.9 Å². The molecule has 0 bridgehead atoms. The number of hydrogen-bond acceptors (Lipinski definition) is 6. The van der Waals surface area contributed by atoms with E-state index in [9.17, 15) is 28.0 Å². The molecular weight excluding hydrogens is 444 g/mol. The molecule has 0 radical (unpaired) electrons. The molecular formula is C18H10F4N4O2S2. The van der Waals surface area contributed by atoms with Gasteiger partial charge in [0, 0.05) is 23.3 Å². The molecule has 2 aromatic heterocycles. The fraction of sp³-hybridized carbons (Fsp3) is 0. The van der Waals surface area contributed by atoms with Crippen LogP contribution in [0.4, 0.5) is 17.6 Å². The van der Waals surface area contributed by atoms with Crippen molar-refractivity contribution in [2.45, 2.75) is 10.3 Å². The topological polar surface area (TPSA) is 76.1 Å². The molecule has 2 heterocycles. The van der Waals surface area contributed by atoms with E-state index >= 15 is 0 Å². The first-order valence-corrected chi connectivity index (χ1v) is 10.3. The van der Waals surface area contributed by atoms with E-state index in [0.29, 0.717) is 21.6 Å². The van der Waals surface area contributed by atoms with Gasteiger partial charge in [-0.3, -0.25) is 0 Å². The van der Waals surface area contributed by atoms with E-state index in [1.807, 2.05) is 0 Å². The van der Waals surface area contributed by atoms with E-state index in [1.54, 1.807) is 0 Å². The molecule has 154 valence electrons. The summed E-state index contributed by atoms with van der Waals surface area (Å²) in [4.78, 5) is 8.20. The second-order valence-corrected chi connectivity index (χ2v) is 8.05. The predicted molar refractivity (Wildman–Crippen MR) is 101 cm³/mol. The van der Waals surface area contributed by atoms with Gasteiger partial charge >= 0.3 is 0 Å². The van der Waals surface area contributed by atoms with Crippen LogP contribution in [0.25, 0.3) is 22.5 Å². The summed E-state index contributed by atoms with van der Waals surface area (Å²) in [6.45, 7) is 0. The fourth-order valence-electron chi connectivity index (χ4n) is 2.58. The van der Waals surface area contributed by atoms with Gasteiger partial charge in [-0.2, -0.15) is 9.46 Å². The van der Waals surface area contributed by atoms with E-state index in [1.165, 1.54) is 12.4 Å². The van der Waals surface area contributed by atoms with Crippen LogP contribution in [0.3, 0.4) is 0 Å². The third-order valence-corrected chi connectivity index (χ3v) is 5.90. The van der Waals surface area contributed by atoms with Crippen molar-refractivity contribution in [3.05, 3.63) is 72.1 Å². The van der Waals surface area contributed by atoms with Crippen LogP contribution in [-0.2, 0) is 0 Å². The molecule has 0 spiro atoms. The van der Waals surface area contributed by atoms with Crippen LogP contribution in [0.1, 0.15) is 0 Å². The smallest absolute Gasteiger partial charge is 0.214 e. The van der Waals surface area contributed by atoms with Crippen molar-refractivity contribution in [2.75, 3.05) is 0 Å². The maximum absolute atomic E-state index is 13.4. The summed E-state index contributed by atoms with van der Waals surface area (Å²) in [7, 11) is 1.79. The molecule has 2 N–H and O–H groups in total. The van der Waals surface area contributed by atoms with Crippen LogP contribution in [0, 0.1) is 23.3 Å². The van der Waals surface area contributed by atoms with Crippen molar-refractivity contribution in [2.24, 2.45) is 0 Å². The molecule has 30 heavy (non-hydrogen) atoms. The highest BCUT2D eigenvalue weighted by atomic mass is 33.1. The normalized spacial score (nSPS) is 11.2. The molecule has 0 saturated carbocycles. The number of hydrogen-bond donors (Lipinski definition) is 2. The zero-order chi connectivity index (χ0) is 21.4. The Morgan fingerprint density at radius 3 is 1.27 bits per heavy atom. The van der Waals surface area contributed by atoms with Crippen molar-refractivity contribution >= 4 is 21.6 Å². The van der Waals surface area contributed by atoms with Gasteiger partial charge < -0.3 is 10.4 Å². The molecule has 0 amide bonds. The summed E-state index contributed by atoms with van der Waals surface area (Å²) < 4.78 is 54.9. The van der Waals surface area contributed by atoms with E-state index in [2.05, 4.69) is 9.97 Å². The highest BCUT2D eigenvalue weighted by molar-refractivity contribution is 8.76. The number of nitrogens with zero attached hydrogens (tertiary/aromatic N) is 4. The van der Waals surface area contributed by atoms with Crippen LogP contribution < -0.4 is 0 Å². The van der Waals surface area contributed by atoms with Gasteiger partial charge in [0.1, 0.15) is 23.3 Å². The Hall–Kier alpha value is -3.12. The number of aromatic nitrogens is 4. The van der Waals surface area contributed by atoms with Crippen LogP contribution >= 0.6 is 21.6 Å². The Morgan fingerprint density at radius 2 is 0.933 bits per heavy atom. The van der Waals surface area contributed by atoms with Crippen molar-refractivity contribution < 1.29 is 28.0 Å². The fourth-order valence-corrected chi connectivity index (χ4v) is 4.39. The zero-order valence-electron chi connectivity index (χ0n) is 14.6. The summed E-state index contributed by atoms with van der Waals surface area (Å²) in [5.41, 5.74) is 0.516. The minimum atomic E-state index is -0.787. The van der Waals surface area contributed by atoms with Gasteiger partial charge in [-0.15, -0.1) is 0 Å². The minimum Gasteiger partial charge on any atom is -0.426 e. The molecule has 0 atom stereocenters.